The lowest BCUT2D eigenvalue weighted by molar-refractivity contribution is -0.114. The van der Waals surface area contributed by atoms with Crippen LogP contribution in [0.5, 0.6) is 5.75 Å². The number of hydrogen-bond donors (Lipinski definition) is 2. The molecule has 0 spiro atoms. The van der Waals surface area contributed by atoms with Crippen LogP contribution in [0.4, 0.5) is 11.5 Å². The number of rotatable bonds is 7. The van der Waals surface area contributed by atoms with Crippen molar-refractivity contribution >= 4 is 33.2 Å². The van der Waals surface area contributed by atoms with Gasteiger partial charge in [-0.15, -0.1) is 0 Å². The van der Waals surface area contributed by atoms with Gasteiger partial charge in [-0.2, -0.15) is 0 Å². The number of pyridine rings is 1. The standard InChI is InChI=1S/C16H17N3O5S/c1-24-13-7-5-12(6-8-13)18-15(20)10-25(22,23)11-16(21)19-14-4-2-3-9-17-14/h2-9H,10-11H2,1H3,(H,18,20)(H,17,19,21). The predicted molar refractivity (Wildman–Crippen MR) is 93.1 cm³/mol. The number of carbonyl (C=O) groups excluding carboxylic acids is 2. The summed E-state index contributed by atoms with van der Waals surface area (Å²) in [5.74, 6) is -2.23. The van der Waals surface area contributed by atoms with Crippen LogP contribution in [0, 0.1) is 0 Å². The van der Waals surface area contributed by atoms with Crippen LogP contribution >= 0.6 is 0 Å². The second-order valence-corrected chi connectivity index (χ2v) is 7.14. The molecular weight excluding hydrogens is 346 g/mol. The smallest absolute Gasteiger partial charge is 0.240 e. The summed E-state index contributed by atoms with van der Waals surface area (Å²) in [7, 11) is -2.40. The van der Waals surface area contributed by atoms with Gasteiger partial charge in [0.1, 0.15) is 23.1 Å². The van der Waals surface area contributed by atoms with Crippen LogP contribution in [0.1, 0.15) is 0 Å². The van der Waals surface area contributed by atoms with Crippen LogP contribution in [-0.2, 0) is 19.4 Å². The van der Waals surface area contributed by atoms with E-state index in [0.717, 1.165) is 0 Å². The van der Waals surface area contributed by atoms with E-state index in [9.17, 15) is 18.0 Å². The Morgan fingerprint density at radius 3 is 2.20 bits per heavy atom. The van der Waals surface area contributed by atoms with Crippen LogP contribution < -0.4 is 15.4 Å². The number of hydrogen-bond acceptors (Lipinski definition) is 6. The van der Waals surface area contributed by atoms with Gasteiger partial charge in [0.05, 0.1) is 7.11 Å². The van der Waals surface area contributed by atoms with E-state index in [0.29, 0.717) is 11.4 Å². The minimum Gasteiger partial charge on any atom is -0.497 e. The lowest BCUT2D eigenvalue weighted by atomic mass is 10.3. The summed E-state index contributed by atoms with van der Waals surface area (Å²) < 4.78 is 28.9. The molecule has 0 bridgehead atoms. The molecule has 0 fully saturated rings. The molecule has 0 atom stereocenters. The SMILES string of the molecule is COc1ccc(NC(=O)CS(=O)(=O)CC(=O)Nc2ccccn2)cc1. The molecule has 1 aromatic heterocycles. The largest absolute Gasteiger partial charge is 0.497 e. The van der Waals surface area contributed by atoms with E-state index >= 15 is 0 Å². The Morgan fingerprint density at radius 1 is 1.00 bits per heavy atom. The second-order valence-electron chi connectivity index (χ2n) is 5.07. The molecule has 0 unspecified atom stereocenters. The summed E-state index contributed by atoms with van der Waals surface area (Å²) in [5.41, 5.74) is 0.430. The zero-order valence-corrected chi connectivity index (χ0v) is 14.2. The van der Waals surface area contributed by atoms with E-state index in [-0.39, 0.29) is 5.82 Å². The monoisotopic (exact) mass is 363 g/mol. The van der Waals surface area contributed by atoms with Crippen molar-refractivity contribution in [3.05, 3.63) is 48.7 Å². The predicted octanol–water partition coefficient (Wildman–Crippen LogP) is 1.08. The molecule has 25 heavy (non-hydrogen) atoms. The molecule has 1 aromatic carbocycles. The number of nitrogens with zero attached hydrogens (tertiary/aromatic N) is 1. The summed E-state index contributed by atoms with van der Waals surface area (Å²) in [4.78, 5) is 27.5. The fourth-order valence-electron chi connectivity index (χ4n) is 1.94. The molecule has 2 aromatic rings. The van der Waals surface area contributed by atoms with Crippen molar-refractivity contribution in [2.45, 2.75) is 0 Å². The van der Waals surface area contributed by atoms with E-state index in [1.165, 1.54) is 19.4 Å². The lowest BCUT2D eigenvalue weighted by Gasteiger charge is -2.07. The van der Waals surface area contributed by atoms with Gasteiger partial charge in [-0.3, -0.25) is 9.59 Å². The van der Waals surface area contributed by atoms with E-state index in [2.05, 4.69) is 15.6 Å². The molecule has 2 amide bonds. The highest BCUT2D eigenvalue weighted by Gasteiger charge is 2.21. The quantitative estimate of drug-likeness (QED) is 0.761. The summed E-state index contributed by atoms with van der Waals surface area (Å²) >= 11 is 0. The molecule has 0 aliphatic rings. The third-order valence-corrected chi connectivity index (χ3v) is 4.41. The van der Waals surface area contributed by atoms with Gasteiger partial charge in [0, 0.05) is 11.9 Å². The maximum Gasteiger partial charge on any atom is 0.240 e. The van der Waals surface area contributed by atoms with E-state index in [1.54, 1.807) is 36.4 Å². The molecule has 2 rings (SSSR count). The topological polar surface area (TPSA) is 114 Å². The highest BCUT2D eigenvalue weighted by Crippen LogP contribution is 2.15. The van der Waals surface area contributed by atoms with Crippen molar-refractivity contribution in [1.82, 2.24) is 4.98 Å². The highest BCUT2D eigenvalue weighted by atomic mass is 32.2. The van der Waals surface area contributed by atoms with Gasteiger partial charge in [-0.25, -0.2) is 13.4 Å². The number of anilines is 2. The summed E-state index contributed by atoms with van der Waals surface area (Å²) in [5, 5.41) is 4.81. The van der Waals surface area contributed by atoms with Crippen molar-refractivity contribution in [1.29, 1.82) is 0 Å². The highest BCUT2D eigenvalue weighted by molar-refractivity contribution is 7.92. The van der Waals surface area contributed by atoms with Crippen molar-refractivity contribution in [3.63, 3.8) is 0 Å². The summed E-state index contributed by atoms with van der Waals surface area (Å²) in [6, 6.07) is 11.3. The Kier molecular flexibility index (Phi) is 6.07. The third-order valence-electron chi connectivity index (χ3n) is 3.01. The number of carbonyl (C=O) groups is 2. The number of methoxy groups -OCH3 is 1. The van der Waals surface area contributed by atoms with Gasteiger partial charge in [0.25, 0.3) is 0 Å². The first-order valence-electron chi connectivity index (χ1n) is 7.23. The molecule has 8 nitrogen and oxygen atoms in total. The molecule has 0 radical (unpaired) electrons. The van der Waals surface area contributed by atoms with Gasteiger partial charge >= 0.3 is 0 Å². The van der Waals surface area contributed by atoms with Crippen LogP contribution in [0.3, 0.4) is 0 Å². The summed E-state index contributed by atoms with van der Waals surface area (Å²) in [6.07, 6.45) is 1.46. The Hall–Kier alpha value is -2.94. The van der Waals surface area contributed by atoms with Gasteiger partial charge in [0.2, 0.25) is 11.8 Å². The minimum absolute atomic E-state index is 0.241. The number of ether oxygens (including phenoxy) is 1. The maximum atomic E-state index is 12.0. The van der Waals surface area contributed by atoms with Crippen molar-refractivity contribution < 1.29 is 22.7 Å². The molecule has 1 heterocycles. The molecular formula is C16H17N3O5S. The average Bonchev–Trinajstić information content (AvgIpc) is 2.55. The molecule has 0 aliphatic heterocycles. The maximum absolute atomic E-state index is 12.0. The first-order chi connectivity index (χ1) is 11.9. The van der Waals surface area contributed by atoms with Crippen molar-refractivity contribution in [2.24, 2.45) is 0 Å². The Morgan fingerprint density at radius 2 is 1.64 bits per heavy atom. The van der Waals surface area contributed by atoms with Gasteiger partial charge in [-0.1, -0.05) is 6.07 Å². The lowest BCUT2D eigenvalue weighted by Crippen LogP contribution is -2.30. The van der Waals surface area contributed by atoms with E-state index < -0.39 is 33.2 Å². The van der Waals surface area contributed by atoms with Gasteiger partial charge < -0.3 is 15.4 Å². The van der Waals surface area contributed by atoms with Gasteiger partial charge in [-0.05, 0) is 36.4 Å². The van der Waals surface area contributed by atoms with Crippen LogP contribution in [-0.4, -0.2) is 43.8 Å². The molecule has 9 heteroatoms. The van der Waals surface area contributed by atoms with Crippen LogP contribution in [0.15, 0.2) is 48.7 Å². The molecule has 2 N–H and O–H groups in total. The zero-order chi connectivity index (χ0) is 18.3. The number of benzene rings is 1. The first kappa shape index (κ1) is 18.4. The van der Waals surface area contributed by atoms with Crippen LogP contribution in [0.25, 0.3) is 0 Å². The Bertz CT molecular complexity index is 836. The Labute approximate surface area is 145 Å². The van der Waals surface area contributed by atoms with E-state index in [1.807, 2.05) is 0 Å². The average molecular weight is 363 g/mol. The van der Waals surface area contributed by atoms with Crippen LogP contribution in [0.2, 0.25) is 0 Å². The molecule has 132 valence electrons. The summed E-state index contributed by atoms with van der Waals surface area (Å²) in [6.45, 7) is 0. The number of nitrogens with one attached hydrogen (secondary N) is 2. The molecule has 0 aliphatic carbocycles. The zero-order valence-electron chi connectivity index (χ0n) is 13.4. The van der Waals surface area contributed by atoms with Crippen molar-refractivity contribution in [3.8, 4) is 5.75 Å². The third kappa shape index (κ3) is 6.22. The first-order valence-corrected chi connectivity index (χ1v) is 9.05. The number of aromatic nitrogens is 1. The van der Waals surface area contributed by atoms with Gasteiger partial charge in [0.15, 0.2) is 9.84 Å². The van der Waals surface area contributed by atoms with Crippen molar-refractivity contribution in [2.75, 3.05) is 29.2 Å². The molecule has 0 saturated heterocycles. The fourth-order valence-corrected chi connectivity index (χ4v) is 2.98. The molecule has 0 saturated carbocycles. The van der Waals surface area contributed by atoms with E-state index in [4.69, 9.17) is 4.74 Å². The number of amides is 2. The fraction of sp³-hybridized carbons (Fsp3) is 0.188. The second kappa shape index (κ2) is 8.25. The number of sulfone groups is 1. The Balaban J connectivity index is 1.88. The minimum atomic E-state index is -3.91. The normalized spacial score (nSPS) is 10.8.